The molecule has 17 heavy (non-hydrogen) atoms. The summed E-state index contributed by atoms with van der Waals surface area (Å²) in [6, 6.07) is 0. The van der Waals surface area contributed by atoms with Crippen LogP contribution in [0.15, 0.2) is 0 Å². The Bertz CT molecular complexity index is 291. The Labute approximate surface area is 110 Å². The molecule has 3 atom stereocenters. The number of rotatable bonds is 6. The number of aliphatic carboxylic acids is 2. The smallest absolute Gasteiger partial charge is 0.307 e. The second-order valence-electron chi connectivity index (χ2n) is 3.73. The van der Waals surface area contributed by atoms with Gasteiger partial charge in [-0.3, -0.25) is 14.4 Å². The van der Waals surface area contributed by atoms with E-state index in [1.54, 1.807) is 0 Å². The summed E-state index contributed by atoms with van der Waals surface area (Å²) >= 11 is 0. The fraction of sp³-hybridized carbons (Fsp3) is 0.700. The second-order valence-corrected chi connectivity index (χ2v) is 3.73. The molecule has 0 saturated heterocycles. The molecule has 0 saturated carbocycles. The van der Waals surface area contributed by atoms with Crippen LogP contribution < -0.4 is 0 Å². The molecular weight excluding hydrogens is 272 g/mol. The fourth-order valence-corrected chi connectivity index (χ4v) is 1.38. The Hall–Kier alpha value is -1.07. The van der Waals surface area contributed by atoms with Gasteiger partial charge in [-0.05, 0) is 13.3 Å². The van der Waals surface area contributed by atoms with Crippen LogP contribution in [0.1, 0.15) is 27.2 Å². The van der Waals surface area contributed by atoms with Gasteiger partial charge in [0.2, 0.25) is 0 Å². The topological polar surface area (TPSA) is 101 Å². The number of carboxylic acids is 2. The van der Waals surface area contributed by atoms with Crippen LogP contribution in [-0.4, -0.2) is 34.2 Å². The first-order valence-electron chi connectivity index (χ1n) is 4.88. The molecule has 0 rings (SSSR count). The van der Waals surface area contributed by atoms with Crippen LogP contribution in [0.25, 0.3) is 0 Å². The zero-order valence-electron chi connectivity index (χ0n) is 9.82. The van der Waals surface area contributed by atoms with Crippen molar-refractivity contribution >= 4 is 17.9 Å². The van der Waals surface area contributed by atoms with Crippen LogP contribution in [-0.2, 0) is 36.2 Å². The molecule has 0 bridgehead atoms. The molecule has 0 amide bonds. The Kier molecular flexibility index (Phi) is 8.70. The molecule has 0 aliphatic heterocycles. The maximum Gasteiger partial charge on any atom is 0.307 e. The fourth-order valence-electron chi connectivity index (χ4n) is 1.38. The van der Waals surface area contributed by atoms with E-state index in [1.807, 2.05) is 0 Å². The van der Waals surface area contributed by atoms with Crippen LogP contribution in [0.3, 0.4) is 0 Å². The van der Waals surface area contributed by atoms with E-state index in [2.05, 4.69) is 0 Å². The van der Waals surface area contributed by atoms with E-state index < -0.39 is 35.8 Å². The van der Waals surface area contributed by atoms with Crippen molar-refractivity contribution in [3.63, 3.8) is 0 Å². The van der Waals surface area contributed by atoms with E-state index in [1.165, 1.54) is 20.8 Å². The number of carboxylic acid groups (broad SMARTS) is 2. The minimum Gasteiger partial charge on any atom is -0.481 e. The van der Waals surface area contributed by atoms with Gasteiger partial charge in [-0.25, -0.2) is 0 Å². The summed E-state index contributed by atoms with van der Waals surface area (Å²) in [5, 5.41) is 17.6. The summed E-state index contributed by atoms with van der Waals surface area (Å²) in [7, 11) is 0. The summed E-state index contributed by atoms with van der Waals surface area (Å²) in [5.74, 6) is -4.97. The van der Waals surface area contributed by atoms with Gasteiger partial charge in [0.25, 0.3) is 0 Å². The largest absolute Gasteiger partial charge is 0.481 e. The maximum atomic E-state index is 10.9. The molecule has 7 heteroatoms. The average molecular weight is 288 g/mol. The van der Waals surface area contributed by atoms with Crippen LogP contribution >= 0.6 is 0 Å². The Balaban J connectivity index is 0. The molecule has 0 heterocycles. The van der Waals surface area contributed by atoms with Crippen molar-refractivity contribution in [2.75, 3.05) is 0 Å². The minimum absolute atomic E-state index is 0. The van der Waals surface area contributed by atoms with E-state index in [9.17, 15) is 14.4 Å². The zero-order chi connectivity index (χ0) is 12.9. The number of ether oxygens (including phenoxy) is 1. The summed E-state index contributed by atoms with van der Waals surface area (Å²) in [6.45, 7) is 4.07. The number of carbonyl (C=O) groups excluding carboxylic acids is 1. The summed E-state index contributed by atoms with van der Waals surface area (Å²) < 4.78 is 4.77. The molecule has 0 fully saturated rings. The van der Waals surface area contributed by atoms with Crippen molar-refractivity contribution in [1.29, 1.82) is 0 Å². The predicted octanol–water partition coefficient (Wildman–Crippen LogP) is 0.747. The molecule has 0 aliphatic carbocycles. The molecule has 6 nitrogen and oxygen atoms in total. The first-order valence-corrected chi connectivity index (χ1v) is 4.88. The van der Waals surface area contributed by atoms with Gasteiger partial charge in [0.05, 0.1) is 17.9 Å². The van der Waals surface area contributed by atoms with Crippen LogP contribution in [0.2, 0.25) is 0 Å². The van der Waals surface area contributed by atoms with Gasteiger partial charge in [0.15, 0.2) is 0 Å². The number of esters is 1. The van der Waals surface area contributed by atoms with Crippen molar-refractivity contribution < 1.29 is 46.4 Å². The van der Waals surface area contributed by atoms with Gasteiger partial charge in [-0.15, -0.1) is 0 Å². The third-order valence-corrected chi connectivity index (χ3v) is 2.26. The summed E-state index contributed by atoms with van der Waals surface area (Å²) in [5.41, 5.74) is 0. The molecule has 100 valence electrons. The van der Waals surface area contributed by atoms with Crippen molar-refractivity contribution in [3.8, 4) is 0 Å². The Morgan fingerprint density at radius 2 is 1.59 bits per heavy atom. The third-order valence-electron chi connectivity index (χ3n) is 2.26. The van der Waals surface area contributed by atoms with Gasteiger partial charge in [0, 0.05) is 24.0 Å². The predicted molar refractivity (Wildman–Crippen MR) is 53.8 cm³/mol. The molecule has 0 aromatic rings. The van der Waals surface area contributed by atoms with Gasteiger partial charge in [-0.2, -0.15) is 0 Å². The van der Waals surface area contributed by atoms with Gasteiger partial charge < -0.3 is 14.9 Å². The van der Waals surface area contributed by atoms with Crippen molar-refractivity contribution in [3.05, 3.63) is 0 Å². The second kappa shape index (κ2) is 8.08. The first-order chi connectivity index (χ1) is 7.25. The maximum absolute atomic E-state index is 10.9. The van der Waals surface area contributed by atoms with Gasteiger partial charge in [-0.1, -0.05) is 6.92 Å². The monoisotopic (exact) mass is 288 g/mol. The van der Waals surface area contributed by atoms with Crippen LogP contribution in [0.5, 0.6) is 0 Å². The Morgan fingerprint density at radius 3 is 1.88 bits per heavy atom. The average Bonchev–Trinajstić information content (AvgIpc) is 2.11. The molecule has 0 radical (unpaired) electrons. The molecule has 3 unspecified atom stereocenters. The molecular formula is C10H16FeO6. The standard InChI is InChI=1S/C10H16O6.Fe/c1-5(16-7(3)11)4-8(10(14)15)6(2)9(12)13;/h5-6,8H,4H2,1-3H3,(H,12,13)(H,14,15);. The summed E-state index contributed by atoms with van der Waals surface area (Å²) in [6.07, 6.45) is -0.622. The minimum atomic E-state index is -1.20. The van der Waals surface area contributed by atoms with Crippen molar-refractivity contribution in [2.24, 2.45) is 11.8 Å². The van der Waals surface area contributed by atoms with E-state index in [4.69, 9.17) is 14.9 Å². The SMILES string of the molecule is CC(=O)OC(C)CC(C(=O)O)C(C)C(=O)O.[Fe]. The third kappa shape index (κ3) is 6.97. The normalized spacial score (nSPS) is 15.0. The summed E-state index contributed by atoms with van der Waals surface area (Å²) in [4.78, 5) is 32.2. The van der Waals surface area contributed by atoms with Gasteiger partial charge in [0.1, 0.15) is 0 Å². The Morgan fingerprint density at radius 1 is 1.12 bits per heavy atom. The van der Waals surface area contributed by atoms with Crippen LogP contribution in [0.4, 0.5) is 0 Å². The number of hydrogen-bond donors (Lipinski definition) is 2. The first kappa shape index (κ1) is 18.3. The molecule has 2 N–H and O–H groups in total. The molecule has 0 aliphatic rings. The quantitative estimate of drug-likeness (QED) is 0.552. The number of hydrogen-bond acceptors (Lipinski definition) is 4. The van der Waals surface area contributed by atoms with Crippen LogP contribution in [0, 0.1) is 11.8 Å². The molecule has 0 spiro atoms. The van der Waals surface area contributed by atoms with Crippen molar-refractivity contribution in [2.45, 2.75) is 33.3 Å². The number of carbonyl (C=O) groups is 3. The van der Waals surface area contributed by atoms with E-state index in [0.717, 1.165) is 0 Å². The van der Waals surface area contributed by atoms with Crippen molar-refractivity contribution in [1.82, 2.24) is 0 Å². The molecule has 0 aromatic heterocycles. The van der Waals surface area contributed by atoms with Gasteiger partial charge >= 0.3 is 17.9 Å². The molecule has 0 aromatic carbocycles. The van der Waals surface area contributed by atoms with E-state index in [0.29, 0.717) is 0 Å². The van der Waals surface area contributed by atoms with E-state index in [-0.39, 0.29) is 23.5 Å². The van der Waals surface area contributed by atoms with E-state index >= 15 is 0 Å². The zero-order valence-corrected chi connectivity index (χ0v) is 10.9.